The van der Waals surface area contributed by atoms with Gasteiger partial charge in [-0.3, -0.25) is 0 Å². The number of fused-ring (bicyclic) bond motifs is 1. The minimum absolute atomic E-state index is 0.0744. The van der Waals surface area contributed by atoms with Gasteiger partial charge in [0, 0.05) is 29.2 Å². The molecular formula is C16H25N3. The standard InChI is InChI=1S/C16H25N3/c1-16(2,17)9-11-19(3)10-8-13-12-18-15-7-5-4-6-14(13)15/h4-7,12,18H,8-11,17H2,1-3H3. The fourth-order valence-corrected chi connectivity index (χ4v) is 2.24. The van der Waals surface area contributed by atoms with Gasteiger partial charge >= 0.3 is 0 Å². The zero-order chi connectivity index (χ0) is 13.9. The van der Waals surface area contributed by atoms with E-state index in [1.165, 1.54) is 16.5 Å². The molecule has 2 aromatic rings. The molecule has 0 fully saturated rings. The van der Waals surface area contributed by atoms with Crippen LogP contribution < -0.4 is 5.73 Å². The summed E-state index contributed by atoms with van der Waals surface area (Å²) in [6.07, 6.45) is 4.23. The Morgan fingerprint density at radius 3 is 2.68 bits per heavy atom. The highest BCUT2D eigenvalue weighted by Gasteiger charge is 2.12. The van der Waals surface area contributed by atoms with Gasteiger partial charge in [0.1, 0.15) is 0 Å². The average Bonchev–Trinajstić information content (AvgIpc) is 2.76. The van der Waals surface area contributed by atoms with Crippen LogP contribution in [0, 0.1) is 0 Å². The van der Waals surface area contributed by atoms with E-state index in [4.69, 9.17) is 5.73 Å². The van der Waals surface area contributed by atoms with E-state index in [0.29, 0.717) is 0 Å². The van der Waals surface area contributed by atoms with Gasteiger partial charge in [0.05, 0.1) is 0 Å². The molecule has 0 aliphatic carbocycles. The van der Waals surface area contributed by atoms with Crippen molar-refractivity contribution in [3.8, 4) is 0 Å². The number of aromatic amines is 1. The van der Waals surface area contributed by atoms with Crippen molar-refractivity contribution >= 4 is 10.9 Å². The summed E-state index contributed by atoms with van der Waals surface area (Å²) in [5, 5.41) is 1.34. The molecule has 0 bridgehead atoms. The van der Waals surface area contributed by atoms with Crippen molar-refractivity contribution in [3.63, 3.8) is 0 Å². The molecule has 2 rings (SSSR count). The third kappa shape index (κ3) is 4.08. The predicted molar refractivity (Wildman–Crippen MR) is 82.4 cm³/mol. The average molecular weight is 259 g/mol. The molecule has 0 aliphatic rings. The first-order valence-corrected chi connectivity index (χ1v) is 6.98. The first-order chi connectivity index (χ1) is 8.96. The Bertz CT molecular complexity index is 522. The molecule has 19 heavy (non-hydrogen) atoms. The Morgan fingerprint density at radius 2 is 1.95 bits per heavy atom. The lowest BCUT2D eigenvalue weighted by Crippen LogP contribution is -2.36. The second kappa shape index (κ2) is 5.76. The molecule has 0 radical (unpaired) electrons. The molecule has 0 unspecified atom stereocenters. The van der Waals surface area contributed by atoms with Gasteiger partial charge in [-0.25, -0.2) is 0 Å². The number of H-pyrrole nitrogens is 1. The van der Waals surface area contributed by atoms with Crippen molar-refractivity contribution in [3.05, 3.63) is 36.0 Å². The van der Waals surface area contributed by atoms with Crippen molar-refractivity contribution in [2.24, 2.45) is 5.73 Å². The van der Waals surface area contributed by atoms with Crippen molar-refractivity contribution in [2.45, 2.75) is 32.2 Å². The van der Waals surface area contributed by atoms with Crippen LogP contribution >= 0.6 is 0 Å². The molecule has 3 heteroatoms. The SMILES string of the molecule is CN(CCc1c[nH]c2ccccc12)CCC(C)(C)N. The molecule has 1 aromatic carbocycles. The van der Waals surface area contributed by atoms with Crippen LogP contribution in [0.3, 0.4) is 0 Å². The molecule has 3 N–H and O–H groups in total. The molecular weight excluding hydrogens is 234 g/mol. The summed E-state index contributed by atoms with van der Waals surface area (Å²) in [5.74, 6) is 0. The first-order valence-electron chi connectivity index (χ1n) is 6.98. The largest absolute Gasteiger partial charge is 0.361 e. The fraction of sp³-hybridized carbons (Fsp3) is 0.500. The van der Waals surface area contributed by atoms with Crippen molar-refractivity contribution in [1.29, 1.82) is 0 Å². The molecule has 0 spiro atoms. The lowest BCUT2D eigenvalue weighted by atomic mass is 10.0. The fourth-order valence-electron chi connectivity index (χ4n) is 2.24. The zero-order valence-corrected chi connectivity index (χ0v) is 12.2. The van der Waals surface area contributed by atoms with Gasteiger partial charge in [-0.1, -0.05) is 18.2 Å². The Labute approximate surface area is 115 Å². The summed E-state index contributed by atoms with van der Waals surface area (Å²) in [6.45, 7) is 6.28. The normalized spacial score (nSPS) is 12.5. The Balaban J connectivity index is 1.88. The van der Waals surface area contributed by atoms with Crippen LogP contribution in [0.1, 0.15) is 25.8 Å². The molecule has 0 aliphatic heterocycles. The van der Waals surface area contributed by atoms with Gasteiger partial charge in [0.2, 0.25) is 0 Å². The van der Waals surface area contributed by atoms with Crippen LogP contribution in [-0.2, 0) is 6.42 Å². The summed E-state index contributed by atoms with van der Waals surface area (Å²) in [6, 6.07) is 8.47. The maximum Gasteiger partial charge on any atom is 0.0456 e. The van der Waals surface area contributed by atoms with Crippen LogP contribution in [0.5, 0.6) is 0 Å². The van der Waals surface area contributed by atoms with Crippen molar-refractivity contribution < 1.29 is 0 Å². The van der Waals surface area contributed by atoms with Crippen molar-refractivity contribution in [1.82, 2.24) is 9.88 Å². The second-order valence-electron chi connectivity index (χ2n) is 6.15. The quantitative estimate of drug-likeness (QED) is 0.838. The molecule has 0 saturated heterocycles. The van der Waals surface area contributed by atoms with E-state index < -0.39 is 0 Å². The molecule has 0 amide bonds. The molecule has 1 heterocycles. The lowest BCUT2D eigenvalue weighted by molar-refractivity contribution is 0.299. The maximum absolute atomic E-state index is 6.02. The number of rotatable bonds is 6. The van der Waals surface area contributed by atoms with Crippen LogP contribution in [0.15, 0.2) is 30.5 Å². The van der Waals surface area contributed by atoms with Crippen LogP contribution in [0.2, 0.25) is 0 Å². The molecule has 0 atom stereocenters. The maximum atomic E-state index is 6.02. The summed E-state index contributed by atoms with van der Waals surface area (Å²) >= 11 is 0. The van der Waals surface area contributed by atoms with Crippen LogP contribution in [0.25, 0.3) is 10.9 Å². The smallest absolute Gasteiger partial charge is 0.0456 e. The molecule has 3 nitrogen and oxygen atoms in total. The topological polar surface area (TPSA) is 45.0 Å². The van der Waals surface area contributed by atoms with Crippen LogP contribution in [0.4, 0.5) is 0 Å². The van der Waals surface area contributed by atoms with E-state index in [1.54, 1.807) is 0 Å². The van der Waals surface area contributed by atoms with E-state index in [0.717, 1.165) is 25.9 Å². The third-order valence-corrected chi connectivity index (χ3v) is 3.58. The number of nitrogens with one attached hydrogen (secondary N) is 1. The first kappa shape index (κ1) is 14.1. The number of benzene rings is 1. The summed E-state index contributed by atoms with van der Waals surface area (Å²) < 4.78 is 0. The minimum atomic E-state index is -0.0744. The summed E-state index contributed by atoms with van der Waals surface area (Å²) in [4.78, 5) is 5.69. The van der Waals surface area contributed by atoms with E-state index in [2.05, 4.69) is 61.2 Å². The Kier molecular flexibility index (Phi) is 4.27. The molecule has 104 valence electrons. The highest BCUT2D eigenvalue weighted by Crippen LogP contribution is 2.18. The summed E-state index contributed by atoms with van der Waals surface area (Å²) in [5.41, 5.74) is 8.57. The number of nitrogens with zero attached hydrogens (tertiary/aromatic N) is 1. The Morgan fingerprint density at radius 1 is 1.21 bits per heavy atom. The van der Waals surface area contributed by atoms with E-state index >= 15 is 0 Å². The van der Waals surface area contributed by atoms with E-state index in [9.17, 15) is 0 Å². The van der Waals surface area contributed by atoms with Gasteiger partial charge in [-0.15, -0.1) is 0 Å². The number of hydrogen-bond donors (Lipinski definition) is 2. The predicted octanol–water partition coefficient (Wildman–Crippen LogP) is 2.77. The van der Waals surface area contributed by atoms with Gasteiger partial charge < -0.3 is 15.6 Å². The van der Waals surface area contributed by atoms with Crippen molar-refractivity contribution in [2.75, 3.05) is 20.1 Å². The summed E-state index contributed by atoms with van der Waals surface area (Å²) in [7, 11) is 2.17. The monoisotopic (exact) mass is 259 g/mol. The van der Waals surface area contributed by atoms with E-state index in [1.807, 2.05) is 0 Å². The highest BCUT2D eigenvalue weighted by atomic mass is 15.1. The van der Waals surface area contributed by atoms with Gasteiger partial charge in [-0.2, -0.15) is 0 Å². The van der Waals surface area contributed by atoms with Gasteiger partial charge in [0.15, 0.2) is 0 Å². The number of para-hydroxylation sites is 1. The number of aromatic nitrogens is 1. The number of nitrogens with two attached hydrogens (primary N) is 1. The number of likely N-dealkylation sites (N-methyl/N-ethyl adjacent to an activating group) is 1. The van der Waals surface area contributed by atoms with Crippen LogP contribution in [-0.4, -0.2) is 35.6 Å². The molecule has 0 saturated carbocycles. The zero-order valence-electron chi connectivity index (χ0n) is 12.2. The van der Waals surface area contributed by atoms with E-state index in [-0.39, 0.29) is 5.54 Å². The third-order valence-electron chi connectivity index (χ3n) is 3.58. The Hall–Kier alpha value is -1.32. The highest BCUT2D eigenvalue weighted by molar-refractivity contribution is 5.83. The van der Waals surface area contributed by atoms with Gasteiger partial charge in [0.25, 0.3) is 0 Å². The number of hydrogen-bond acceptors (Lipinski definition) is 2. The van der Waals surface area contributed by atoms with Gasteiger partial charge in [-0.05, 0) is 51.9 Å². The minimum Gasteiger partial charge on any atom is -0.361 e. The lowest BCUT2D eigenvalue weighted by Gasteiger charge is -2.23. The second-order valence-corrected chi connectivity index (χ2v) is 6.15. The molecule has 1 aromatic heterocycles.